The molecule has 0 spiro atoms. The van der Waals surface area contributed by atoms with E-state index in [2.05, 4.69) is 17.1 Å². The lowest BCUT2D eigenvalue weighted by molar-refractivity contribution is 0.283. The van der Waals surface area contributed by atoms with Crippen molar-refractivity contribution >= 4 is 34.6 Å². The molecule has 0 aromatic heterocycles. The molecule has 0 amide bonds. The lowest BCUT2D eigenvalue weighted by Crippen LogP contribution is -2.40. The standard InChI is InChI=1S/C13H16ClFN2S/c1-9-4-6-17(7-5-9)13(18)16-10-2-3-12(15)11(14)8-10/h2-3,8-9H,4-7H2,1H3,(H,16,18). The summed E-state index contributed by atoms with van der Waals surface area (Å²) >= 11 is 11.1. The predicted molar refractivity (Wildman–Crippen MR) is 77.6 cm³/mol. The van der Waals surface area contributed by atoms with Crippen LogP contribution in [0.15, 0.2) is 18.2 Å². The fourth-order valence-electron chi connectivity index (χ4n) is 1.99. The van der Waals surface area contributed by atoms with Crippen molar-refractivity contribution < 1.29 is 4.39 Å². The van der Waals surface area contributed by atoms with Crippen molar-refractivity contribution in [3.8, 4) is 0 Å². The van der Waals surface area contributed by atoms with E-state index >= 15 is 0 Å². The van der Waals surface area contributed by atoms with Crippen LogP contribution in [0.4, 0.5) is 10.1 Å². The minimum Gasteiger partial charge on any atom is -0.349 e. The first-order valence-electron chi connectivity index (χ1n) is 6.07. The molecule has 5 heteroatoms. The van der Waals surface area contributed by atoms with Crippen molar-refractivity contribution in [2.45, 2.75) is 19.8 Å². The van der Waals surface area contributed by atoms with Crippen molar-refractivity contribution in [3.63, 3.8) is 0 Å². The Morgan fingerprint density at radius 3 is 2.72 bits per heavy atom. The van der Waals surface area contributed by atoms with Crippen molar-refractivity contribution in [2.24, 2.45) is 5.92 Å². The van der Waals surface area contributed by atoms with Crippen LogP contribution in [0.2, 0.25) is 5.02 Å². The van der Waals surface area contributed by atoms with Gasteiger partial charge in [0.1, 0.15) is 5.82 Å². The summed E-state index contributed by atoms with van der Waals surface area (Å²) in [7, 11) is 0. The van der Waals surface area contributed by atoms with E-state index < -0.39 is 5.82 Å². The fourth-order valence-corrected chi connectivity index (χ4v) is 2.47. The molecule has 1 fully saturated rings. The van der Waals surface area contributed by atoms with Crippen molar-refractivity contribution in [2.75, 3.05) is 18.4 Å². The van der Waals surface area contributed by atoms with Gasteiger partial charge in [0.25, 0.3) is 0 Å². The summed E-state index contributed by atoms with van der Waals surface area (Å²) in [6, 6.07) is 4.53. The first kappa shape index (κ1) is 13.6. The molecule has 0 bridgehead atoms. The van der Waals surface area contributed by atoms with Gasteiger partial charge in [0.2, 0.25) is 0 Å². The summed E-state index contributed by atoms with van der Waals surface area (Å²) in [4.78, 5) is 2.15. The van der Waals surface area contributed by atoms with Gasteiger partial charge in [0.15, 0.2) is 5.11 Å². The monoisotopic (exact) mass is 286 g/mol. The van der Waals surface area contributed by atoms with Crippen LogP contribution in [-0.4, -0.2) is 23.1 Å². The van der Waals surface area contributed by atoms with Gasteiger partial charge in [-0.05, 0) is 49.2 Å². The van der Waals surface area contributed by atoms with Gasteiger partial charge in [0, 0.05) is 18.8 Å². The van der Waals surface area contributed by atoms with E-state index in [1.165, 1.54) is 6.07 Å². The van der Waals surface area contributed by atoms with Crippen LogP contribution in [0.3, 0.4) is 0 Å². The highest BCUT2D eigenvalue weighted by molar-refractivity contribution is 7.80. The van der Waals surface area contributed by atoms with E-state index in [1.807, 2.05) is 0 Å². The van der Waals surface area contributed by atoms with Crippen LogP contribution < -0.4 is 5.32 Å². The second-order valence-electron chi connectivity index (χ2n) is 4.73. The lowest BCUT2D eigenvalue weighted by atomic mass is 10.00. The van der Waals surface area contributed by atoms with Gasteiger partial charge in [-0.1, -0.05) is 18.5 Å². The van der Waals surface area contributed by atoms with Gasteiger partial charge in [-0.2, -0.15) is 0 Å². The van der Waals surface area contributed by atoms with Gasteiger partial charge < -0.3 is 10.2 Å². The molecule has 0 saturated carbocycles. The van der Waals surface area contributed by atoms with E-state index in [-0.39, 0.29) is 5.02 Å². The number of piperidine rings is 1. The maximum absolute atomic E-state index is 13.0. The number of likely N-dealkylation sites (tertiary alicyclic amines) is 1. The first-order valence-corrected chi connectivity index (χ1v) is 6.86. The van der Waals surface area contributed by atoms with Crippen LogP contribution in [-0.2, 0) is 0 Å². The average molecular weight is 287 g/mol. The van der Waals surface area contributed by atoms with Crippen LogP contribution in [0.25, 0.3) is 0 Å². The molecular weight excluding hydrogens is 271 g/mol. The molecule has 1 heterocycles. The number of hydrogen-bond acceptors (Lipinski definition) is 1. The first-order chi connectivity index (χ1) is 8.56. The Kier molecular flexibility index (Phi) is 4.40. The summed E-state index contributed by atoms with van der Waals surface area (Å²) in [5, 5.41) is 3.89. The molecule has 1 aliphatic heterocycles. The Bertz CT molecular complexity index is 445. The van der Waals surface area contributed by atoms with Gasteiger partial charge in [-0.15, -0.1) is 0 Å². The zero-order valence-corrected chi connectivity index (χ0v) is 11.8. The number of thiocarbonyl (C=S) groups is 1. The van der Waals surface area contributed by atoms with E-state index in [9.17, 15) is 4.39 Å². The number of nitrogens with zero attached hydrogens (tertiary/aromatic N) is 1. The molecule has 98 valence electrons. The molecule has 2 rings (SSSR count). The average Bonchev–Trinajstić information content (AvgIpc) is 2.34. The molecule has 1 N–H and O–H groups in total. The molecule has 0 atom stereocenters. The summed E-state index contributed by atoms with van der Waals surface area (Å²) in [6.07, 6.45) is 2.32. The Morgan fingerprint density at radius 2 is 2.11 bits per heavy atom. The highest BCUT2D eigenvalue weighted by atomic mass is 35.5. The smallest absolute Gasteiger partial charge is 0.173 e. The van der Waals surface area contributed by atoms with Crippen LogP contribution >= 0.6 is 23.8 Å². The summed E-state index contributed by atoms with van der Waals surface area (Å²) in [6.45, 7) is 4.21. The van der Waals surface area contributed by atoms with E-state index in [4.69, 9.17) is 23.8 Å². The quantitative estimate of drug-likeness (QED) is 0.788. The second-order valence-corrected chi connectivity index (χ2v) is 5.52. The summed E-state index contributed by atoms with van der Waals surface area (Å²) in [5.74, 6) is 0.351. The minimum atomic E-state index is -0.417. The third kappa shape index (κ3) is 3.33. The Balaban J connectivity index is 1.96. The van der Waals surface area contributed by atoms with E-state index in [1.54, 1.807) is 12.1 Å². The highest BCUT2D eigenvalue weighted by Crippen LogP contribution is 2.21. The zero-order valence-electron chi connectivity index (χ0n) is 10.2. The number of anilines is 1. The van der Waals surface area contributed by atoms with Crippen molar-refractivity contribution in [1.82, 2.24) is 4.90 Å². The maximum Gasteiger partial charge on any atom is 0.173 e. The largest absolute Gasteiger partial charge is 0.349 e. The van der Waals surface area contributed by atoms with Crippen LogP contribution in [0.1, 0.15) is 19.8 Å². The third-order valence-corrected chi connectivity index (χ3v) is 3.89. The normalized spacial score (nSPS) is 16.7. The van der Waals surface area contributed by atoms with Gasteiger partial charge in [0.05, 0.1) is 5.02 Å². The number of nitrogens with one attached hydrogen (secondary N) is 1. The predicted octanol–water partition coefficient (Wildman–Crippen LogP) is 3.91. The second kappa shape index (κ2) is 5.85. The molecule has 0 unspecified atom stereocenters. The van der Waals surface area contributed by atoms with Gasteiger partial charge >= 0.3 is 0 Å². The molecular formula is C13H16ClFN2S. The zero-order chi connectivity index (χ0) is 13.1. The Morgan fingerprint density at radius 1 is 1.44 bits per heavy atom. The number of hydrogen-bond donors (Lipinski definition) is 1. The van der Waals surface area contributed by atoms with Crippen LogP contribution in [0.5, 0.6) is 0 Å². The molecule has 18 heavy (non-hydrogen) atoms. The number of benzene rings is 1. The number of rotatable bonds is 1. The van der Waals surface area contributed by atoms with E-state index in [0.29, 0.717) is 5.11 Å². The van der Waals surface area contributed by atoms with Gasteiger partial charge in [-0.3, -0.25) is 0 Å². The van der Waals surface area contributed by atoms with Crippen LogP contribution in [0, 0.1) is 11.7 Å². The molecule has 0 radical (unpaired) electrons. The van der Waals surface area contributed by atoms with Crippen molar-refractivity contribution in [3.05, 3.63) is 29.0 Å². The molecule has 1 saturated heterocycles. The lowest BCUT2D eigenvalue weighted by Gasteiger charge is -2.32. The number of halogens is 2. The minimum absolute atomic E-state index is 0.107. The SMILES string of the molecule is CC1CCN(C(=S)Nc2ccc(F)c(Cl)c2)CC1. The molecule has 1 aliphatic rings. The molecule has 1 aromatic rings. The maximum atomic E-state index is 13.0. The summed E-state index contributed by atoms with van der Waals surface area (Å²) < 4.78 is 13.0. The van der Waals surface area contributed by atoms with Crippen molar-refractivity contribution in [1.29, 1.82) is 0 Å². The summed E-state index contributed by atoms with van der Waals surface area (Å²) in [5.41, 5.74) is 0.727. The molecule has 2 nitrogen and oxygen atoms in total. The Hall–Kier alpha value is -0.870. The van der Waals surface area contributed by atoms with E-state index in [0.717, 1.165) is 37.5 Å². The molecule has 1 aromatic carbocycles. The molecule has 0 aliphatic carbocycles. The highest BCUT2D eigenvalue weighted by Gasteiger charge is 2.17. The van der Waals surface area contributed by atoms with Gasteiger partial charge in [-0.25, -0.2) is 4.39 Å². The fraction of sp³-hybridized carbons (Fsp3) is 0.462. The topological polar surface area (TPSA) is 15.3 Å². The Labute approximate surface area is 117 Å². The third-order valence-electron chi connectivity index (χ3n) is 3.24.